The minimum Gasteiger partial charge on any atom is -0.409 e. The Balaban J connectivity index is 2.11. The van der Waals surface area contributed by atoms with Gasteiger partial charge in [0.2, 0.25) is 0 Å². The molecule has 2 aromatic carbocycles. The zero-order valence-electron chi connectivity index (χ0n) is 10.7. The van der Waals surface area contributed by atoms with Gasteiger partial charge in [-0.3, -0.25) is 0 Å². The molecule has 5 heteroatoms. The van der Waals surface area contributed by atoms with Gasteiger partial charge in [0, 0.05) is 15.1 Å². The van der Waals surface area contributed by atoms with Gasteiger partial charge in [-0.05, 0) is 29.8 Å². The molecular weight excluding hydrogens is 336 g/mol. The normalized spacial score (nSPS) is 13.2. The highest BCUT2D eigenvalue weighted by atomic mass is 79.9. The Morgan fingerprint density at radius 2 is 1.80 bits per heavy atom. The van der Waals surface area contributed by atoms with E-state index in [9.17, 15) is 0 Å². The number of benzene rings is 2. The van der Waals surface area contributed by atoms with Crippen molar-refractivity contribution in [3.05, 3.63) is 64.6 Å². The molecule has 0 amide bonds. The maximum atomic E-state index is 8.95. The summed E-state index contributed by atoms with van der Waals surface area (Å²) in [5.41, 5.74) is 6.87. The van der Waals surface area contributed by atoms with Gasteiger partial charge < -0.3 is 10.9 Å². The molecule has 3 N–H and O–H groups in total. The number of oxime groups is 1. The van der Waals surface area contributed by atoms with Gasteiger partial charge in [-0.25, -0.2) is 0 Å². The summed E-state index contributed by atoms with van der Waals surface area (Å²) in [5.74, 6) is 0.859. The van der Waals surface area contributed by atoms with Crippen LogP contribution < -0.4 is 5.73 Å². The molecule has 0 heterocycles. The summed E-state index contributed by atoms with van der Waals surface area (Å²) in [4.78, 5) is 1.15. The molecule has 0 fully saturated rings. The Hall–Kier alpha value is -1.46. The van der Waals surface area contributed by atoms with Crippen LogP contribution in [0.3, 0.4) is 0 Å². The SMILES string of the molecule is NC(=NO)C(CSc1ccc(Br)cc1)c1ccccc1. The summed E-state index contributed by atoms with van der Waals surface area (Å²) >= 11 is 5.10. The molecule has 0 aromatic heterocycles. The minimum absolute atomic E-state index is 0.102. The van der Waals surface area contributed by atoms with Crippen molar-refractivity contribution < 1.29 is 5.21 Å². The van der Waals surface area contributed by atoms with E-state index in [-0.39, 0.29) is 11.8 Å². The Labute approximate surface area is 131 Å². The highest BCUT2D eigenvalue weighted by Gasteiger charge is 2.16. The fourth-order valence-electron chi connectivity index (χ4n) is 1.82. The maximum absolute atomic E-state index is 8.95. The van der Waals surface area contributed by atoms with Crippen molar-refractivity contribution >= 4 is 33.5 Å². The lowest BCUT2D eigenvalue weighted by molar-refractivity contribution is 0.316. The van der Waals surface area contributed by atoms with Crippen LogP contribution in [-0.2, 0) is 0 Å². The third-order valence-electron chi connectivity index (χ3n) is 2.90. The first kappa shape index (κ1) is 14.9. The predicted molar refractivity (Wildman–Crippen MR) is 87.5 cm³/mol. The lowest BCUT2D eigenvalue weighted by atomic mass is 10.0. The second-order valence-electron chi connectivity index (χ2n) is 4.25. The van der Waals surface area contributed by atoms with Gasteiger partial charge in [0.1, 0.15) is 5.84 Å². The summed E-state index contributed by atoms with van der Waals surface area (Å²) < 4.78 is 1.05. The van der Waals surface area contributed by atoms with E-state index in [0.717, 1.165) is 20.7 Å². The molecule has 0 aliphatic carbocycles. The Morgan fingerprint density at radius 3 is 2.40 bits per heavy atom. The van der Waals surface area contributed by atoms with Crippen LogP contribution in [-0.4, -0.2) is 16.8 Å². The molecule has 0 aliphatic heterocycles. The first-order valence-corrected chi connectivity index (χ1v) is 7.89. The van der Waals surface area contributed by atoms with Crippen LogP contribution in [0.4, 0.5) is 0 Å². The van der Waals surface area contributed by atoms with E-state index in [1.54, 1.807) is 11.8 Å². The van der Waals surface area contributed by atoms with Gasteiger partial charge in [0.05, 0.1) is 5.92 Å². The molecule has 2 aromatic rings. The lowest BCUT2D eigenvalue weighted by Crippen LogP contribution is -2.23. The predicted octanol–water partition coefficient (Wildman–Crippen LogP) is 4.07. The van der Waals surface area contributed by atoms with E-state index >= 15 is 0 Å². The van der Waals surface area contributed by atoms with Crippen LogP contribution in [0.15, 0.2) is 69.1 Å². The standard InChI is InChI=1S/C15H15BrN2OS/c16-12-6-8-13(9-7-12)20-10-14(15(17)18-19)11-4-2-1-3-5-11/h1-9,14,19H,10H2,(H2,17,18). The zero-order valence-corrected chi connectivity index (χ0v) is 13.1. The molecule has 0 bridgehead atoms. The van der Waals surface area contributed by atoms with E-state index < -0.39 is 0 Å². The van der Waals surface area contributed by atoms with Gasteiger partial charge in [0.15, 0.2) is 0 Å². The molecule has 0 saturated carbocycles. The van der Waals surface area contributed by atoms with Crippen molar-refractivity contribution in [2.45, 2.75) is 10.8 Å². The number of nitrogens with two attached hydrogens (primary N) is 1. The average Bonchev–Trinajstić information content (AvgIpc) is 2.50. The van der Waals surface area contributed by atoms with Crippen molar-refractivity contribution in [2.75, 3.05) is 5.75 Å². The van der Waals surface area contributed by atoms with Gasteiger partial charge in [-0.1, -0.05) is 51.4 Å². The van der Waals surface area contributed by atoms with Crippen LogP contribution >= 0.6 is 27.7 Å². The van der Waals surface area contributed by atoms with Crippen molar-refractivity contribution in [3.8, 4) is 0 Å². The first-order chi connectivity index (χ1) is 9.70. The summed E-state index contributed by atoms with van der Waals surface area (Å²) in [6.45, 7) is 0. The minimum atomic E-state index is -0.102. The Bertz CT molecular complexity index is 572. The Kier molecular flexibility index (Phi) is 5.49. The molecule has 0 spiro atoms. The number of thioether (sulfide) groups is 1. The fourth-order valence-corrected chi connectivity index (χ4v) is 3.13. The number of halogens is 1. The zero-order chi connectivity index (χ0) is 14.4. The molecule has 0 saturated heterocycles. The van der Waals surface area contributed by atoms with E-state index in [1.807, 2.05) is 54.6 Å². The number of rotatable bonds is 5. The second kappa shape index (κ2) is 7.36. The second-order valence-corrected chi connectivity index (χ2v) is 6.26. The summed E-state index contributed by atoms with van der Waals surface area (Å²) in [5, 5.41) is 12.1. The Morgan fingerprint density at radius 1 is 1.15 bits per heavy atom. The van der Waals surface area contributed by atoms with Crippen LogP contribution in [0.5, 0.6) is 0 Å². The average molecular weight is 351 g/mol. The van der Waals surface area contributed by atoms with Gasteiger partial charge in [0.25, 0.3) is 0 Å². The quantitative estimate of drug-likeness (QED) is 0.281. The first-order valence-electron chi connectivity index (χ1n) is 6.11. The highest BCUT2D eigenvalue weighted by molar-refractivity contribution is 9.10. The largest absolute Gasteiger partial charge is 0.409 e. The van der Waals surface area contributed by atoms with Crippen LogP contribution in [0.25, 0.3) is 0 Å². The third kappa shape index (κ3) is 4.02. The lowest BCUT2D eigenvalue weighted by Gasteiger charge is -2.15. The van der Waals surface area contributed by atoms with Gasteiger partial charge in [-0.15, -0.1) is 11.8 Å². The van der Waals surface area contributed by atoms with Crippen LogP contribution in [0.2, 0.25) is 0 Å². The monoisotopic (exact) mass is 350 g/mol. The summed E-state index contributed by atoms with van der Waals surface area (Å²) in [6, 6.07) is 17.9. The van der Waals surface area contributed by atoms with E-state index in [0.29, 0.717) is 0 Å². The van der Waals surface area contributed by atoms with E-state index in [2.05, 4.69) is 21.1 Å². The molecule has 3 nitrogen and oxygen atoms in total. The van der Waals surface area contributed by atoms with Gasteiger partial charge >= 0.3 is 0 Å². The van der Waals surface area contributed by atoms with Gasteiger partial charge in [-0.2, -0.15) is 0 Å². The third-order valence-corrected chi connectivity index (χ3v) is 4.54. The van der Waals surface area contributed by atoms with Crippen LogP contribution in [0, 0.1) is 0 Å². The van der Waals surface area contributed by atoms with Crippen molar-refractivity contribution in [1.82, 2.24) is 0 Å². The highest BCUT2D eigenvalue weighted by Crippen LogP contribution is 2.27. The topological polar surface area (TPSA) is 58.6 Å². The molecule has 20 heavy (non-hydrogen) atoms. The summed E-state index contributed by atoms with van der Waals surface area (Å²) in [6.07, 6.45) is 0. The number of hydrogen-bond acceptors (Lipinski definition) is 3. The molecule has 2 rings (SSSR count). The van der Waals surface area contributed by atoms with Crippen molar-refractivity contribution in [3.63, 3.8) is 0 Å². The number of amidine groups is 1. The van der Waals surface area contributed by atoms with Crippen LogP contribution in [0.1, 0.15) is 11.5 Å². The van der Waals surface area contributed by atoms with E-state index in [4.69, 9.17) is 10.9 Å². The molecule has 104 valence electrons. The fraction of sp³-hybridized carbons (Fsp3) is 0.133. The molecular formula is C15H15BrN2OS. The summed E-state index contributed by atoms with van der Waals surface area (Å²) in [7, 11) is 0. The van der Waals surface area contributed by atoms with Crippen molar-refractivity contribution in [2.24, 2.45) is 10.9 Å². The smallest absolute Gasteiger partial charge is 0.147 e. The molecule has 1 atom stereocenters. The molecule has 1 unspecified atom stereocenters. The number of hydrogen-bond donors (Lipinski definition) is 2. The molecule has 0 radical (unpaired) electrons. The number of nitrogens with zero attached hydrogens (tertiary/aromatic N) is 1. The van der Waals surface area contributed by atoms with E-state index in [1.165, 1.54) is 0 Å². The molecule has 0 aliphatic rings. The van der Waals surface area contributed by atoms with Crippen molar-refractivity contribution in [1.29, 1.82) is 0 Å². The maximum Gasteiger partial charge on any atom is 0.147 e.